The fourth-order valence-corrected chi connectivity index (χ4v) is 3.41. The highest BCUT2D eigenvalue weighted by atomic mass is 31.3. The molecule has 5 N–H and O–H groups in total. The van der Waals surface area contributed by atoms with E-state index in [9.17, 15) is 18.5 Å². The van der Waals surface area contributed by atoms with Gasteiger partial charge in [-0.3, -0.25) is 4.52 Å². The summed E-state index contributed by atoms with van der Waals surface area (Å²) >= 11 is 0. The van der Waals surface area contributed by atoms with Gasteiger partial charge in [-0.1, -0.05) is 0 Å². The second-order valence-corrected chi connectivity index (χ2v) is 6.68. The summed E-state index contributed by atoms with van der Waals surface area (Å²) in [5.74, 6) is -1.69. The molecule has 15 heteroatoms. The predicted octanol–water partition coefficient (Wildman–Crippen LogP) is -0.586. The average molecular weight is 316 g/mol. The summed E-state index contributed by atoms with van der Waals surface area (Å²) in [7, 11) is -16.4. The first-order chi connectivity index (χ1) is 7.33. The van der Waals surface area contributed by atoms with Gasteiger partial charge in [-0.15, -0.1) is 0 Å². The van der Waals surface area contributed by atoms with Crippen LogP contribution in [0.1, 0.15) is 0 Å². The molecule has 0 saturated heterocycles. The van der Waals surface area contributed by atoms with Crippen molar-refractivity contribution in [2.45, 2.75) is 0 Å². The molecule has 2 unspecified atom stereocenters. The molecule has 0 amide bonds. The Morgan fingerprint density at radius 2 is 1.41 bits per heavy atom. The summed E-state index contributed by atoms with van der Waals surface area (Å²) in [5.41, 5.74) is 0. The monoisotopic (exact) mass is 316 g/mol. The van der Waals surface area contributed by atoms with Crippen LogP contribution in [0.15, 0.2) is 0 Å². The van der Waals surface area contributed by atoms with Gasteiger partial charge in [0.15, 0.2) is 6.61 Å². The molecule has 0 radical (unpaired) electrons. The summed E-state index contributed by atoms with van der Waals surface area (Å²) in [4.78, 5) is 43.5. The molecule has 0 heterocycles. The second kappa shape index (κ2) is 5.68. The number of phosphoric acid groups is 3. The molecule has 0 rings (SSSR count). The van der Waals surface area contributed by atoms with E-state index in [-0.39, 0.29) is 0 Å². The van der Waals surface area contributed by atoms with E-state index in [1.54, 1.807) is 0 Å². The zero-order valence-electron chi connectivity index (χ0n) is 7.64. The first-order valence-corrected chi connectivity index (χ1v) is 7.85. The maximum Gasteiger partial charge on any atom is 0.490 e. The first-order valence-electron chi connectivity index (χ1n) is 3.33. The van der Waals surface area contributed by atoms with Gasteiger partial charge in [-0.25, -0.2) is 18.5 Å². The molecular formula is C2H7O12P3. The minimum absolute atomic E-state index is 1.34. The highest BCUT2D eigenvalue weighted by Crippen LogP contribution is 2.66. The molecule has 0 spiro atoms. The number of hydrogen-bond donors (Lipinski definition) is 5. The minimum atomic E-state index is -5.59. The Morgan fingerprint density at radius 3 is 1.76 bits per heavy atom. The van der Waals surface area contributed by atoms with Gasteiger partial charge in [-0.2, -0.15) is 8.62 Å². The van der Waals surface area contributed by atoms with Crippen molar-refractivity contribution in [1.29, 1.82) is 0 Å². The molecule has 0 aliphatic heterocycles. The van der Waals surface area contributed by atoms with Gasteiger partial charge in [0.1, 0.15) is 0 Å². The molecule has 0 aliphatic rings. The lowest BCUT2D eigenvalue weighted by Crippen LogP contribution is -2.06. The maximum absolute atomic E-state index is 10.8. The topological polar surface area (TPSA) is 197 Å². The lowest BCUT2D eigenvalue weighted by molar-refractivity contribution is -0.139. The zero-order valence-corrected chi connectivity index (χ0v) is 10.3. The average Bonchev–Trinajstić information content (AvgIpc) is 1.93. The van der Waals surface area contributed by atoms with Crippen LogP contribution in [0, 0.1) is 0 Å². The van der Waals surface area contributed by atoms with E-state index in [2.05, 4.69) is 13.1 Å². The van der Waals surface area contributed by atoms with E-state index < -0.39 is 36.0 Å². The van der Waals surface area contributed by atoms with Gasteiger partial charge in [0.25, 0.3) is 0 Å². The lowest BCUT2D eigenvalue weighted by atomic mass is 10.8. The Hall–Kier alpha value is -0.120. The van der Waals surface area contributed by atoms with Crippen LogP contribution in [-0.2, 0) is 31.6 Å². The summed E-state index contributed by atoms with van der Waals surface area (Å²) in [5, 5.41) is 8.06. The first kappa shape index (κ1) is 16.9. The minimum Gasteiger partial charge on any atom is -0.480 e. The van der Waals surface area contributed by atoms with Crippen molar-refractivity contribution in [1.82, 2.24) is 0 Å². The van der Waals surface area contributed by atoms with E-state index in [1.165, 1.54) is 0 Å². The van der Waals surface area contributed by atoms with E-state index >= 15 is 0 Å². The normalized spacial score (nSPS) is 19.3. The van der Waals surface area contributed by atoms with Crippen LogP contribution in [0.5, 0.6) is 0 Å². The molecule has 0 aromatic heterocycles. The largest absolute Gasteiger partial charge is 0.490 e. The molecule has 2 atom stereocenters. The van der Waals surface area contributed by atoms with E-state index in [1.807, 2.05) is 0 Å². The molecule has 0 saturated carbocycles. The van der Waals surface area contributed by atoms with Crippen LogP contribution in [0.4, 0.5) is 0 Å². The number of hydrogen-bond acceptors (Lipinski definition) is 7. The number of rotatable bonds is 7. The third kappa shape index (κ3) is 9.57. The maximum atomic E-state index is 10.8. The van der Waals surface area contributed by atoms with E-state index in [0.29, 0.717) is 0 Å². The Bertz CT molecular complexity index is 417. The van der Waals surface area contributed by atoms with Crippen LogP contribution >= 0.6 is 23.5 Å². The molecule has 0 fully saturated rings. The van der Waals surface area contributed by atoms with E-state index in [4.69, 9.17) is 24.7 Å². The lowest BCUT2D eigenvalue weighted by Gasteiger charge is -2.15. The van der Waals surface area contributed by atoms with Crippen molar-refractivity contribution in [2.24, 2.45) is 0 Å². The third-order valence-electron chi connectivity index (χ3n) is 0.767. The van der Waals surface area contributed by atoms with Crippen LogP contribution in [0.25, 0.3) is 0 Å². The number of carboxylic acids is 1. The molecule has 0 aliphatic carbocycles. The molecule has 12 nitrogen and oxygen atoms in total. The number of carbonyl (C=O) groups is 1. The Labute approximate surface area is 93.2 Å². The number of aliphatic carboxylic acids is 1. The van der Waals surface area contributed by atoms with Crippen LogP contribution in [-0.4, -0.2) is 37.3 Å². The smallest absolute Gasteiger partial charge is 0.480 e. The third-order valence-corrected chi connectivity index (χ3v) is 4.55. The van der Waals surface area contributed by atoms with Crippen molar-refractivity contribution in [3.05, 3.63) is 0 Å². The van der Waals surface area contributed by atoms with Gasteiger partial charge in [0.2, 0.25) is 0 Å². The molecular weight excluding hydrogens is 309 g/mol. The van der Waals surface area contributed by atoms with Crippen molar-refractivity contribution < 1.29 is 56.3 Å². The summed E-state index contributed by atoms with van der Waals surface area (Å²) in [6.45, 7) is -1.34. The van der Waals surface area contributed by atoms with Crippen LogP contribution < -0.4 is 0 Å². The van der Waals surface area contributed by atoms with Gasteiger partial charge in [-0.05, 0) is 0 Å². The van der Waals surface area contributed by atoms with Crippen molar-refractivity contribution >= 4 is 29.4 Å². The second-order valence-electron chi connectivity index (χ2n) is 2.26. The summed E-state index contributed by atoms with van der Waals surface area (Å²) < 4.78 is 41.9. The Morgan fingerprint density at radius 1 is 0.941 bits per heavy atom. The highest BCUT2D eigenvalue weighted by molar-refractivity contribution is 7.66. The molecule has 0 bridgehead atoms. The van der Waals surface area contributed by atoms with Crippen molar-refractivity contribution in [2.75, 3.05) is 6.61 Å². The Balaban J connectivity index is 4.60. The Kier molecular flexibility index (Phi) is 5.64. The van der Waals surface area contributed by atoms with Gasteiger partial charge >= 0.3 is 29.4 Å². The van der Waals surface area contributed by atoms with Gasteiger partial charge < -0.3 is 24.7 Å². The molecule has 102 valence electrons. The molecule has 0 aromatic rings. The quantitative estimate of drug-likeness (QED) is 0.375. The fraction of sp³-hybridized carbons (Fsp3) is 0.500. The summed E-state index contributed by atoms with van der Waals surface area (Å²) in [6.07, 6.45) is 0. The van der Waals surface area contributed by atoms with Crippen LogP contribution in [0.2, 0.25) is 0 Å². The zero-order chi connectivity index (χ0) is 13.9. The number of phosphoric ester groups is 1. The highest BCUT2D eigenvalue weighted by Gasteiger charge is 2.40. The van der Waals surface area contributed by atoms with Crippen molar-refractivity contribution in [3.8, 4) is 0 Å². The molecule has 0 aromatic carbocycles. The fourth-order valence-electron chi connectivity index (χ4n) is 0.440. The number of carboxylic acid groups (broad SMARTS) is 1. The van der Waals surface area contributed by atoms with Crippen LogP contribution in [0.3, 0.4) is 0 Å². The van der Waals surface area contributed by atoms with Gasteiger partial charge in [0.05, 0.1) is 0 Å². The van der Waals surface area contributed by atoms with Gasteiger partial charge in [0, 0.05) is 0 Å². The van der Waals surface area contributed by atoms with Crippen molar-refractivity contribution in [3.63, 3.8) is 0 Å². The predicted molar refractivity (Wildman–Crippen MR) is 47.5 cm³/mol. The standard InChI is InChI=1S/C2H7O12P3/c3-2(4)1-12-16(8,9)14-17(10,11)13-15(5,6)7/h1H2,(H,3,4)(H,8,9)(H,10,11)(H2,5,6,7). The van der Waals surface area contributed by atoms with E-state index in [0.717, 1.165) is 0 Å². The summed E-state index contributed by atoms with van der Waals surface area (Å²) in [6, 6.07) is 0. The SMILES string of the molecule is O=C(O)COP(=O)(O)OP(=O)(O)OP(=O)(O)O. The molecule has 17 heavy (non-hydrogen) atoms.